The molecule has 1 aliphatic carbocycles. The van der Waals surface area contributed by atoms with E-state index in [0.29, 0.717) is 19.8 Å². The summed E-state index contributed by atoms with van der Waals surface area (Å²) in [6.07, 6.45) is 3.91. The van der Waals surface area contributed by atoms with Crippen LogP contribution in [0.5, 0.6) is 11.5 Å². The molecule has 4 rings (SSSR count). The first kappa shape index (κ1) is 17.0. The lowest BCUT2D eigenvalue weighted by atomic mass is 9.77. The van der Waals surface area contributed by atoms with Gasteiger partial charge in [0.15, 0.2) is 11.5 Å². The maximum absolute atomic E-state index is 13.2. The molecule has 136 valence electrons. The van der Waals surface area contributed by atoms with E-state index in [1.165, 1.54) is 5.56 Å². The largest absolute Gasteiger partial charge is 0.486 e. The van der Waals surface area contributed by atoms with Gasteiger partial charge in [0.05, 0.1) is 5.41 Å². The maximum atomic E-state index is 13.2. The van der Waals surface area contributed by atoms with Crippen molar-refractivity contribution in [3.05, 3.63) is 59.2 Å². The molecular weight excluding hydrogens is 326 g/mol. The first-order valence-electron chi connectivity index (χ1n) is 9.41. The molecule has 1 amide bonds. The first-order valence-corrected chi connectivity index (χ1v) is 9.41. The molecule has 1 N–H and O–H groups in total. The van der Waals surface area contributed by atoms with Gasteiger partial charge in [-0.3, -0.25) is 4.79 Å². The molecule has 1 fully saturated rings. The summed E-state index contributed by atoms with van der Waals surface area (Å²) < 4.78 is 11.4. The molecule has 0 radical (unpaired) electrons. The number of carbonyl (C=O) groups is 1. The van der Waals surface area contributed by atoms with Gasteiger partial charge in [0, 0.05) is 6.54 Å². The van der Waals surface area contributed by atoms with E-state index in [-0.39, 0.29) is 5.91 Å². The van der Waals surface area contributed by atoms with Gasteiger partial charge in [-0.2, -0.15) is 0 Å². The van der Waals surface area contributed by atoms with Crippen LogP contribution in [0.1, 0.15) is 42.4 Å². The predicted octanol–water partition coefficient (Wildman–Crippen LogP) is 3.89. The van der Waals surface area contributed by atoms with Crippen LogP contribution in [0, 0.1) is 6.92 Å². The van der Waals surface area contributed by atoms with Crippen LogP contribution in [0.4, 0.5) is 0 Å². The van der Waals surface area contributed by atoms with Crippen molar-refractivity contribution in [2.75, 3.05) is 13.2 Å². The SMILES string of the molecule is Cc1ccc(CNC(=O)C2(c3ccc4c(c3)OCCO4)CCCC2)cc1. The third-order valence-electron chi connectivity index (χ3n) is 5.56. The summed E-state index contributed by atoms with van der Waals surface area (Å²) in [4.78, 5) is 13.2. The van der Waals surface area contributed by atoms with Crippen LogP contribution in [-0.4, -0.2) is 19.1 Å². The fourth-order valence-corrected chi connectivity index (χ4v) is 4.02. The van der Waals surface area contributed by atoms with Gasteiger partial charge in [0.2, 0.25) is 5.91 Å². The second-order valence-corrected chi connectivity index (χ2v) is 7.32. The molecule has 2 aromatic carbocycles. The zero-order chi connectivity index (χ0) is 18.0. The number of amides is 1. The second kappa shape index (κ2) is 7.02. The van der Waals surface area contributed by atoms with Crippen molar-refractivity contribution in [1.82, 2.24) is 5.32 Å². The molecule has 2 aliphatic rings. The number of hydrogen-bond acceptors (Lipinski definition) is 3. The summed E-state index contributed by atoms with van der Waals surface area (Å²) in [6, 6.07) is 14.3. The number of carbonyl (C=O) groups excluding carboxylic acids is 1. The van der Waals surface area contributed by atoms with Gasteiger partial charge in [-0.25, -0.2) is 0 Å². The first-order chi connectivity index (χ1) is 12.7. The summed E-state index contributed by atoms with van der Waals surface area (Å²) in [5.74, 6) is 1.65. The Morgan fingerprint density at radius 3 is 2.42 bits per heavy atom. The molecule has 1 aliphatic heterocycles. The quantitative estimate of drug-likeness (QED) is 0.909. The fourth-order valence-electron chi connectivity index (χ4n) is 4.02. The molecular formula is C22H25NO3. The summed E-state index contributed by atoms with van der Waals surface area (Å²) in [6.45, 7) is 3.76. The predicted molar refractivity (Wildman–Crippen MR) is 101 cm³/mol. The zero-order valence-electron chi connectivity index (χ0n) is 15.2. The van der Waals surface area contributed by atoms with Gasteiger partial charge < -0.3 is 14.8 Å². The molecule has 4 nitrogen and oxygen atoms in total. The van der Waals surface area contributed by atoms with Gasteiger partial charge in [-0.1, -0.05) is 48.7 Å². The zero-order valence-corrected chi connectivity index (χ0v) is 15.2. The summed E-state index contributed by atoms with van der Waals surface area (Å²) in [5, 5.41) is 3.17. The van der Waals surface area contributed by atoms with Crippen LogP contribution in [0.15, 0.2) is 42.5 Å². The Bertz CT molecular complexity index is 792. The fraction of sp³-hybridized carbons (Fsp3) is 0.409. The van der Waals surface area contributed by atoms with Gasteiger partial charge in [0.25, 0.3) is 0 Å². The van der Waals surface area contributed by atoms with E-state index in [1.807, 2.05) is 18.2 Å². The molecule has 0 aromatic heterocycles. The number of hydrogen-bond donors (Lipinski definition) is 1. The Hall–Kier alpha value is -2.49. The molecule has 1 saturated carbocycles. The van der Waals surface area contributed by atoms with E-state index in [1.54, 1.807) is 0 Å². The lowest BCUT2D eigenvalue weighted by Crippen LogP contribution is -2.42. The number of fused-ring (bicyclic) bond motifs is 1. The smallest absolute Gasteiger partial charge is 0.230 e. The van der Waals surface area contributed by atoms with Crippen molar-refractivity contribution in [3.63, 3.8) is 0 Å². The average Bonchev–Trinajstić information content (AvgIpc) is 3.18. The molecule has 0 saturated heterocycles. The molecule has 0 atom stereocenters. The van der Waals surface area contributed by atoms with Crippen molar-refractivity contribution < 1.29 is 14.3 Å². The Balaban J connectivity index is 1.56. The molecule has 26 heavy (non-hydrogen) atoms. The number of rotatable bonds is 4. The van der Waals surface area contributed by atoms with Crippen LogP contribution in [-0.2, 0) is 16.8 Å². The Kier molecular flexibility index (Phi) is 4.58. The highest BCUT2D eigenvalue weighted by Crippen LogP contribution is 2.44. The summed E-state index contributed by atoms with van der Waals surface area (Å²) in [5.41, 5.74) is 2.93. The van der Waals surface area contributed by atoms with E-state index < -0.39 is 5.41 Å². The number of nitrogens with one attached hydrogen (secondary N) is 1. The van der Waals surface area contributed by atoms with E-state index in [4.69, 9.17) is 9.47 Å². The highest BCUT2D eigenvalue weighted by Gasteiger charge is 2.43. The molecule has 2 aromatic rings. The van der Waals surface area contributed by atoms with Crippen LogP contribution in [0.3, 0.4) is 0 Å². The summed E-state index contributed by atoms with van der Waals surface area (Å²) in [7, 11) is 0. The van der Waals surface area contributed by atoms with Crippen molar-refractivity contribution in [3.8, 4) is 11.5 Å². The number of benzene rings is 2. The van der Waals surface area contributed by atoms with Crippen LogP contribution >= 0.6 is 0 Å². The lowest BCUT2D eigenvalue weighted by Gasteiger charge is -2.30. The number of aryl methyl sites for hydroxylation is 1. The number of ether oxygens (including phenoxy) is 2. The second-order valence-electron chi connectivity index (χ2n) is 7.32. The minimum atomic E-state index is -0.458. The minimum absolute atomic E-state index is 0.118. The van der Waals surface area contributed by atoms with Gasteiger partial charge in [-0.05, 0) is 43.0 Å². The summed E-state index contributed by atoms with van der Waals surface area (Å²) >= 11 is 0. The van der Waals surface area contributed by atoms with Crippen molar-refractivity contribution >= 4 is 5.91 Å². The van der Waals surface area contributed by atoms with Crippen molar-refractivity contribution in [2.45, 2.75) is 44.6 Å². The van der Waals surface area contributed by atoms with Crippen molar-refractivity contribution in [2.24, 2.45) is 0 Å². The Labute approximate surface area is 154 Å². The molecule has 0 spiro atoms. The van der Waals surface area contributed by atoms with Crippen LogP contribution in [0.2, 0.25) is 0 Å². The van der Waals surface area contributed by atoms with E-state index in [9.17, 15) is 4.79 Å². The molecule has 0 bridgehead atoms. The highest BCUT2D eigenvalue weighted by molar-refractivity contribution is 5.88. The Morgan fingerprint density at radius 2 is 1.69 bits per heavy atom. The molecule has 0 unspecified atom stereocenters. The van der Waals surface area contributed by atoms with E-state index in [0.717, 1.165) is 48.3 Å². The molecule has 4 heteroatoms. The normalized spacial score (nSPS) is 17.7. The van der Waals surface area contributed by atoms with Crippen molar-refractivity contribution in [1.29, 1.82) is 0 Å². The average molecular weight is 351 g/mol. The standard InChI is InChI=1S/C22H25NO3/c1-16-4-6-17(7-5-16)15-23-21(24)22(10-2-3-11-22)18-8-9-19-20(14-18)26-13-12-25-19/h4-9,14H,2-3,10-13,15H2,1H3,(H,23,24). The van der Waals surface area contributed by atoms with Crippen LogP contribution in [0.25, 0.3) is 0 Å². The monoisotopic (exact) mass is 351 g/mol. The minimum Gasteiger partial charge on any atom is -0.486 e. The lowest BCUT2D eigenvalue weighted by molar-refractivity contribution is -0.126. The van der Waals surface area contributed by atoms with Gasteiger partial charge >= 0.3 is 0 Å². The molecule has 1 heterocycles. The maximum Gasteiger partial charge on any atom is 0.230 e. The Morgan fingerprint density at radius 1 is 1.00 bits per heavy atom. The van der Waals surface area contributed by atoms with E-state index in [2.05, 4.69) is 36.5 Å². The topological polar surface area (TPSA) is 47.6 Å². The van der Waals surface area contributed by atoms with Gasteiger partial charge in [0.1, 0.15) is 13.2 Å². The van der Waals surface area contributed by atoms with Crippen LogP contribution < -0.4 is 14.8 Å². The van der Waals surface area contributed by atoms with Gasteiger partial charge in [-0.15, -0.1) is 0 Å². The van der Waals surface area contributed by atoms with E-state index >= 15 is 0 Å². The highest BCUT2D eigenvalue weighted by atomic mass is 16.6. The third-order valence-corrected chi connectivity index (χ3v) is 5.56. The third kappa shape index (κ3) is 3.16.